The van der Waals surface area contributed by atoms with E-state index in [1.165, 1.54) is 13.8 Å². The molecular formula is C23H24F3N. The number of alkyl halides is 3. The molecule has 142 valence electrons. The average Bonchev–Trinajstić information content (AvgIpc) is 2.53. The van der Waals surface area contributed by atoms with Crippen LogP contribution in [0.5, 0.6) is 0 Å². The van der Waals surface area contributed by atoms with E-state index in [9.17, 15) is 13.2 Å². The summed E-state index contributed by atoms with van der Waals surface area (Å²) in [5.74, 6) is 0. The molecule has 0 saturated heterocycles. The largest absolute Gasteiger partial charge is 0.394 e. The minimum Gasteiger partial charge on any atom is -0.255 e. The van der Waals surface area contributed by atoms with Crippen LogP contribution in [0.3, 0.4) is 0 Å². The van der Waals surface area contributed by atoms with E-state index in [4.69, 9.17) is 0 Å². The van der Waals surface area contributed by atoms with Crippen LogP contribution in [-0.4, -0.2) is 11.2 Å². The van der Waals surface area contributed by atoms with Crippen LogP contribution in [0.2, 0.25) is 0 Å². The standard InChI is InChI=1S/C23H24F3N/c1-14-8-15(2)10-18(9-14)21-19-7-6-17(11-20(19)16(3)13-27-21)12-22(4,5)23(24,25)26/h6-11,13H,12H2,1-5H3. The smallest absolute Gasteiger partial charge is 0.255 e. The van der Waals surface area contributed by atoms with Gasteiger partial charge < -0.3 is 0 Å². The zero-order chi connectivity index (χ0) is 20.0. The third-order valence-corrected chi connectivity index (χ3v) is 5.06. The van der Waals surface area contributed by atoms with E-state index < -0.39 is 11.6 Å². The topological polar surface area (TPSA) is 12.9 Å². The van der Waals surface area contributed by atoms with E-state index in [1.807, 2.05) is 32.9 Å². The van der Waals surface area contributed by atoms with Crippen LogP contribution in [-0.2, 0) is 6.42 Å². The molecule has 3 aromatic rings. The van der Waals surface area contributed by atoms with Gasteiger partial charge >= 0.3 is 6.18 Å². The molecule has 4 heteroatoms. The van der Waals surface area contributed by atoms with Gasteiger partial charge in [-0.15, -0.1) is 0 Å². The Balaban J connectivity index is 2.12. The van der Waals surface area contributed by atoms with Gasteiger partial charge in [-0.05, 0) is 55.8 Å². The molecule has 0 spiro atoms. The summed E-state index contributed by atoms with van der Waals surface area (Å²) in [7, 11) is 0. The maximum atomic E-state index is 13.3. The molecule has 0 bridgehead atoms. The lowest BCUT2D eigenvalue weighted by Gasteiger charge is -2.28. The molecule has 0 aliphatic heterocycles. The molecule has 1 aromatic heterocycles. The molecule has 0 unspecified atom stereocenters. The number of aryl methyl sites for hydroxylation is 3. The second-order valence-electron chi connectivity index (χ2n) is 8.10. The Bertz CT molecular complexity index is 980. The predicted molar refractivity (Wildman–Crippen MR) is 105 cm³/mol. The van der Waals surface area contributed by atoms with E-state index in [2.05, 4.69) is 23.2 Å². The monoisotopic (exact) mass is 371 g/mol. The fraction of sp³-hybridized carbons (Fsp3) is 0.348. The van der Waals surface area contributed by atoms with Crippen LogP contribution < -0.4 is 0 Å². The third-order valence-electron chi connectivity index (χ3n) is 5.06. The molecule has 2 aromatic carbocycles. The predicted octanol–water partition coefficient (Wildman–Crippen LogP) is 6.96. The zero-order valence-electron chi connectivity index (χ0n) is 16.3. The van der Waals surface area contributed by atoms with E-state index >= 15 is 0 Å². The number of fused-ring (bicyclic) bond motifs is 1. The average molecular weight is 371 g/mol. The molecule has 3 rings (SSSR count). The van der Waals surface area contributed by atoms with Gasteiger partial charge in [-0.2, -0.15) is 13.2 Å². The van der Waals surface area contributed by atoms with Gasteiger partial charge in [0.2, 0.25) is 0 Å². The van der Waals surface area contributed by atoms with Gasteiger partial charge in [0.1, 0.15) is 0 Å². The quantitative estimate of drug-likeness (QED) is 0.485. The van der Waals surface area contributed by atoms with Crippen LogP contribution in [0.4, 0.5) is 13.2 Å². The lowest BCUT2D eigenvalue weighted by atomic mass is 9.84. The molecule has 0 saturated carbocycles. The van der Waals surface area contributed by atoms with Gasteiger partial charge in [0, 0.05) is 17.1 Å². The minimum absolute atomic E-state index is 0.0485. The normalized spacial score (nSPS) is 12.6. The summed E-state index contributed by atoms with van der Waals surface area (Å²) in [6, 6.07) is 11.9. The van der Waals surface area contributed by atoms with Crippen LogP contribution in [0.25, 0.3) is 22.0 Å². The van der Waals surface area contributed by atoms with Gasteiger partial charge in [0.15, 0.2) is 0 Å². The molecule has 1 nitrogen and oxygen atoms in total. The number of hydrogen-bond acceptors (Lipinski definition) is 1. The third kappa shape index (κ3) is 3.85. The Morgan fingerprint density at radius 2 is 1.48 bits per heavy atom. The van der Waals surface area contributed by atoms with Crippen molar-refractivity contribution in [3.63, 3.8) is 0 Å². The summed E-state index contributed by atoms with van der Waals surface area (Å²) in [5.41, 5.74) is 4.09. The highest BCUT2D eigenvalue weighted by Gasteiger charge is 2.46. The van der Waals surface area contributed by atoms with Crippen molar-refractivity contribution in [2.75, 3.05) is 0 Å². The van der Waals surface area contributed by atoms with Gasteiger partial charge in [-0.25, -0.2) is 0 Å². The molecule has 0 aliphatic carbocycles. The van der Waals surface area contributed by atoms with Crippen LogP contribution >= 0.6 is 0 Å². The molecule has 0 N–H and O–H groups in total. The second-order valence-corrected chi connectivity index (χ2v) is 8.10. The minimum atomic E-state index is -4.24. The fourth-order valence-electron chi connectivity index (χ4n) is 3.49. The summed E-state index contributed by atoms with van der Waals surface area (Å²) in [5, 5.41) is 1.92. The van der Waals surface area contributed by atoms with Crippen LogP contribution in [0, 0.1) is 26.2 Å². The Morgan fingerprint density at radius 1 is 0.852 bits per heavy atom. The maximum Gasteiger partial charge on any atom is 0.394 e. The van der Waals surface area contributed by atoms with E-state index in [-0.39, 0.29) is 6.42 Å². The number of halogens is 3. The molecule has 0 radical (unpaired) electrons. The number of aromatic nitrogens is 1. The van der Waals surface area contributed by atoms with E-state index in [1.54, 1.807) is 12.3 Å². The van der Waals surface area contributed by atoms with Crippen molar-refractivity contribution in [1.29, 1.82) is 0 Å². The zero-order valence-corrected chi connectivity index (χ0v) is 16.3. The maximum absolute atomic E-state index is 13.3. The molecule has 0 aliphatic rings. The van der Waals surface area contributed by atoms with Gasteiger partial charge in [0.25, 0.3) is 0 Å². The Hall–Kier alpha value is -2.36. The number of pyridine rings is 1. The molecular weight excluding hydrogens is 347 g/mol. The number of nitrogens with zero attached hydrogens (tertiary/aromatic N) is 1. The lowest BCUT2D eigenvalue weighted by Crippen LogP contribution is -2.34. The van der Waals surface area contributed by atoms with Crippen molar-refractivity contribution < 1.29 is 13.2 Å². The van der Waals surface area contributed by atoms with Crippen molar-refractivity contribution in [1.82, 2.24) is 4.98 Å². The summed E-state index contributed by atoms with van der Waals surface area (Å²) in [4.78, 5) is 4.62. The summed E-state index contributed by atoms with van der Waals surface area (Å²) in [6.07, 6.45) is -2.49. The van der Waals surface area contributed by atoms with Gasteiger partial charge in [0.05, 0.1) is 11.1 Å². The fourth-order valence-corrected chi connectivity index (χ4v) is 3.49. The van der Waals surface area contributed by atoms with Crippen LogP contribution in [0.1, 0.15) is 36.1 Å². The Kier molecular flexibility index (Phi) is 4.79. The number of rotatable bonds is 3. The van der Waals surface area contributed by atoms with Crippen molar-refractivity contribution in [3.8, 4) is 11.3 Å². The second kappa shape index (κ2) is 6.66. The van der Waals surface area contributed by atoms with E-state index in [0.717, 1.165) is 38.7 Å². The number of benzene rings is 2. The molecule has 27 heavy (non-hydrogen) atoms. The van der Waals surface area contributed by atoms with Crippen molar-refractivity contribution >= 4 is 10.8 Å². The molecule has 0 fully saturated rings. The van der Waals surface area contributed by atoms with Crippen molar-refractivity contribution in [3.05, 3.63) is 64.8 Å². The van der Waals surface area contributed by atoms with Crippen LogP contribution in [0.15, 0.2) is 42.6 Å². The first kappa shape index (κ1) is 19.4. The van der Waals surface area contributed by atoms with Gasteiger partial charge in [-0.1, -0.05) is 49.2 Å². The molecule has 1 heterocycles. The first-order chi connectivity index (χ1) is 12.5. The number of hydrogen-bond donors (Lipinski definition) is 0. The summed E-state index contributed by atoms with van der Waals surface area (Å²) < 4.78 is 39.8. The van der Waals surface area contributed by atoms with Gasteiger partial charge in [-0.3, -0.25) is 4.98 Å². The molecule has 0 amide bonds. The summed E-state index contributed by atoms with van der Waals surface area (Å²) >= 11 is 0. The highest BCUT2D eigenvalue weighted by Crippen LogP contribution is 2.41. The highest BCUT2D eigenvalue weighted by atomic mass is 19.4. The molecule has 0 atom stereocenters. The first-order valence-electron chi connectivity index (χ1n) is 9.01. The Morgan fingerprint density at radius 3 is 2.07 bits per heavy atom. The lowest BCUT2D eigenvalue weighted by molar-refractivity contribution is -0.211. The highest BCUT2D eigenvalue weighted by molar-refractivity contribution is 5.96. The van der Waals surface area contributed by atoms with Crippen molar-refractivity contribution in [2.45, 2.75) is 47.2 Å². The summed E-state index contributed by atoms with van der Waals surface area (Å²) in [6.45, 7) is 8.53. The SMILES string of the molecule is Cc1cc(C)cc(-c2ncc(C)c3cc(CC(C)(C)C(F)(F)F)ccc23)c1. The van der Waals surface area contributed by atoms with E-state index in [0.29, 0.717) is 5.56 Å². The van der Waals surface area contributed by atoms with Crippen molar-refractivity contribution in [2.24, 2.45) is 5.41 Å². The first-order valence-corrected chi connectivity index (χ1v) is 9.01. The Labute approximate surface area is 158 Å².